The van der Waals surface area contributed by atoms with Crippen molar-refractivity contribution in [3.05, 3.63) is 66.2 Å². The van der Waals surface area contributed by atoms with Crippen molar-refractivity contribution in [3.8, 4) is 0 Å². The molecule has 0 saturated carbocycles. The molecule has 0 amide bonds. The molecule has 0 radical (unpaired) electrons. The molecule has 0 aliphatic heterocycles. The first-order valence-electron chi connectivity index (χ1n) is 7.38. The van der Waals surface area contributed by atoms with E-state index in [-0.39, 0.29) is 26.2 Å². The van der Waals surface area contributed by atoms with Gasteiger partial charge in [-0.25, -0.2) is 12.2 Å². The largest absolute Gasteiger partial charge is 4.00 e. The van der Waals surface area contributed by atoms with Gasteiger partial charge >= 0.3 is 26.2 Å². The first kappa shape index (κ1) is 29.7. The molecule has 0 aromatic rings. The van der Waals surface area contributed by atoms with Crippen LogP contribution < -0.4 is 0 Å². The Morgan fingerprint density at radius 2 is 1.45 bits per heavy atom. The molecule has 1 aliphatic rings. The maximum absolute atomic E-state index is 3.85. The Hall–Kier alpha value is -0.237. The van der Waals surface area contributed by atoms with Crippen LogP contribution in [0.5, 0.6) is 0 Å². The molecule has 0 heterocycles. The first-order valence-corrected chi connectivity index (χ1v) is 7.38. The van der Waals surface area contributed by atoms with Gasteiger partial charge in [-0.3, -0.25) is 6.08 Å². The Balaban J connectivity index is -0.0000000977. The van der Waals surface area contributed by atoms with Crippen molar-refractivity contribution in [2.24, 2.45) is 0 Å². The van der Waals surface area contributed by atoms with Crippen molar-refractivity contribution in [1.29, 1.82) is 0 Å². The van der Waals surface area contributed by atoms with Gasteiger partial charge in [-0.1, -0.05) is 25.0 Å². The summed E-state index contributed by atoms with van der Waals surface area (Å²) in [7, 11) is 3.62. The van der Waals surface area contributed by atoms with Gasteiger partial charge in [0.1, 0.15) is 0 Å². The molecule has 0 saturated heterocycles. The Labute approximate surface area is 159 Å². The van der Waals surface area contributed by atoms with Gasteiger partial charge in [0.2, 0.25) is 0 Å². The third-order valence-corrected chi connectivity index (χ3v) is 1.70. The maximum atomic E-state index is 3.85. The summed E-state index contributed by atoms with van der Waals surface area (Å²) in [6.45, 7) is 15.2. The predicted molar refractivity (Wildman–Crippen MR) is 99.8 cm³/mol. The van der Waals surface area contributed by atoms with Gasteiger partial charge in [0.15, 0.2) is 0 Å². The van der Waals surface area contributed by atoms with E-state index in [1.807, 2.05) is 38.4 Å². The second kappa shape index (κ2) is 32.6. The molecule has 1 rings (SSSR count). The minimum atomic E-state index is 0. The molecule has 1 aliphatic carbocycles. The van der Waals surface area contributed by atoms with Crippen LogP contribution in [-0.2, 0) is 26.2 Å². The van der Waals surface area contributed by atoms with E-state index < -0.39 is 0 Å². The van der Waals surface area contributed by atoms with E-state index >= 15 is 0 Å². The van der Waals surface area contributed by atoms with E-state index in [1.54, 1.807) is 0 Å². The van der Waals surface area contributed by atoms with E-state index in [4.69, 9.17) is 0 Å². The van der Waals surface area contributed by atoms with Crippen molar-refractivity contribution in [2.45, 2.75) is 40.0 Å². The Morgan fingerprint density at radius 1 is 1.05 bits per heavy atom. The second-order valence-corrected chi connectivity index (χ2v) is 4.74. The molecular formula is C19H34N2Zr. The minimum absolute atomic E-state index is 0. The third kappa shape index (κ3) is 60.1. The molecule has 0 spiro atoms. The van der Waals surface area contributed by atoms with E-state index in [0.29, 0.717) is 0 Å². The maximum Gasteiger partial charge on any atom is 4.00 e. The van der Waals surface area contributed by atoms with E-state index in [9.17, 15) is 0 Å². The fourth-order valence-corrected chi connectivity index (χ4v) is 0.781. The molecule has 124 valence electrons. The molecule has 3 heteroatoms. The van der Waals surface area contributed by atoms with Crippen LogP contribution in [0.1, 0.15) is 40.0 Å². The van der Waals surface area contributed by atoms with Crippen LogP contribution in [0.15, 0.2) is 43.5 Å². The van der Waals surface area contributed by atoms with Gasteiger partial charge in [0.05, 0.1) is 0 Å². The summed E-state index contributed by atoms with van der Waals surface area (Å²) in [6.07, 6.45) is 15.8. The molecule has 22 heavy (non-hydrogen) atoms. The SMILES string of the molecule is C=CCC[N-]C.C=CCC[N-]C.C[C-](C)C.[C-]1=CC=CC1.[Zr+4]. The number of rotatable bonds is 6. The standard InChI is InChI=1S/2C5H10N.C5H5.C4H9.Zr/c2*1-3-4-5-6-2;1-2-4-5-3-1;1-4(2)3;/h2*3H,1,4-5H2,2H3;1-3H,4H2;1-3H3;/q4*-1;+4. The van der Waals surface area contributed by atoms with E-state index in [1.165, 1.54) is 5.92 Å². The number of allylic oxidation sites excluding steroid dienone is 4. The van der Waals surface area contributed by atoms with Gasteiger partial charge in [-0.05, 0) is 0 Å². The van der Waals surface area contributed by atoms with Crippen molar-refractivity contribution in [2.75, 3.05) is 27.2 Å². The van der Waals surface area contributed by atoms with Crippen molar-refractivity contribution >= 4 is 0 Å². The summed E-state index contributed by atoms with van der Waals surface area (Å²) in [4.78, 5) is 0. The van der Waals surface area contributed by atoms with Crippen LogP contribution in [0.3, 0.4) is 0 Å². The topological polar surface area (TPSA) is 28.2 Å². The summed E-state index contributed by atoms with van der Waals surface area (Å²) in [5.41, 5.74) is 0. The van der Waals surface area contributed by atoms with Gasteiger partial charge < -0.3 is 16.6 Å². The van der Waals surface area contributed by atoms with E-state index in [2.05, 4.69) is 56.7 Å². The number of hydrogen-bond acceptors (Lipinski definition) is 0. The zero-order chi connectivity index (χ0) is 16.8. The first-order chi connectivity index (χ1) is 10.1. The summed E-state index contributed by atoms with van der Waals surface area (Å²) < 4.78 is 0. The Bertz CT molecular complexity index is 221. The molecule has 0 bridgehead atoms. The number of nitrogens with zero attached hydrogens (tertiary/aromatic N) is 2. The molecule has 0 fully saturated rings. The van der Waals surface area contributed by atoms with Crippen LogP contribution in [0.2, 0.25) is 0 Å². The van der Waals surface area contributed by atoms with E-state index in [0.717, 1.165) is 32.4 Å². The van der Waals surface area contributed by atoms with Gasteiger partial charge in [-0.2, -0.15) is 40.9 Å². The fourth-order valence-electron chi connectivity index (χ4n) is 0.781. The smallest absolute Gasteiger partial charge is 0.665 e. The predicted octanol–water partition coefficient (Wildman–Crippen LogP) is 6.06. The zero-order valence-electron chi connectivity index (χ0n) is 15.2. The molecule has 0 unspecified atom stereocenters. The number of hydrogen-bond donors (Lipinski definition) is 0. The zero-order valence-corrected chi connectivity index (χ0v) is 17.7. The molecule has 0 atom stereocenters. The monoisotopic (exact) mass is 380 g/mol. The summed E-state index contributed by atoms with van der Waals surface area (Å²) in [5, 5.41) is 7.71. The van der Waals surface area contributed by atoms with Gasteiger partial charge in [0.25, 0.3) is 0 Å². The summed E-state index contributed by atoms with van der Waals surface area (Å²) in [5.74, 6) is 1.42. The van der Waals surface area contributed by atoms with Crippen LogP contribution in [0, 0.1) is 12.0 Å². The van der Waals surface area contributed by atoms with Crippen LogP contribution in [-0.4, -0.2) is 27.2 Å². The van der Waals surface area contributed by atoms with Gasteiger partial charge in [-0.15, -0.1) is 32.7 Å². The quantitative estimate of drug-likeness (QED) is 0.304. The minimum Gasteiger partial charge on any atom is -0.665 e. The average Bonchev–Trinajstić information content (AvgIpc) is 3.02. The fraction of sp³-hybridized carbons (Fsp3) is 0.526. The van der Waals surface area contributed by atoms with Gasteiger partial charge in [0, 0.05) is 0 Å². The molecule has 0 aromatic carbocycles. The average molecular weight is 382 g/mol. The second-order valence-electron chi connectivity index (χ2n) is 4.74. The Kier molecular flexibility index (Phi) is 44.1. The third-order valence-electron chi connectivity index (χ3n) is 1.70. The summed E-state index contributed by atoms with van der Waals surface area (Å²) >= 11 is 0. The van der Waals surface area contributed by atoms with Crippen LogP contribution in [0.25, 0.3) is 10.6 Å². The molecule has 2 nitrogen and oxygen atoms in total. The Morgan fingerprint density at radius 3 is 1.55 bits per heavy atom. The summed E-state index contributed by atoms with van der Waals surface area (Å²) in [6, 6.07) is 0. The molecule has 0 aromatic heterocycles. The van der Waals surface area contributed by atoms with Crippen LogP contribution >= 0.6 is 0 Å². The van der Waals surface area contributed by atoms with Crippen LogP contribution in [0.4, 0.5) is 0 Å². The van der Waals surface area contributed by atoms with Crippen molar-refractivity contribution in [1.82, 2.24) is 0 Å². The van der Waals surface area contributed by atoms with Crippen molar-refractivity contribution < 1.29 is 26.2 Å². The molecular weight excluding hydrogens is 347 g/mol. The van der Waals surface area contributed by atoms with Crippen molar-refractivity contribution in [3.63, 3.8) is 0 Å². The molecule has 0 N–H and O–H groups in total. The normalized spacial score (nSPS) is 10.1.